The summed E-state index contributed by atoms with van der Waals surface area (Å²) in [5.74, 6) is 0.676. The largest absolute Gasteiger partial charge is 0.495 e. The Morgan fingerprint density at radius 2 is 2.29 bits per heavy atom. The number of likely N-dealkylation sites (tertiary alicyclic amines) is 1. The highest BCUT2D eigenvalue weighted by molar-refractivity contribution is 5.45. The predicted molar refractivity (Wildman–Crippen MR) is 84.3 cm³/mol. The molecule has 1 aliphatic heterocycles. The van der Waals surface area contributed by atoms with Gasteiger partial charge in [-0.3, -0.25) is 4.90 Å². The predicted octanol–water partition coefficient (Wildman–Crippen LogP) is 2.53. The molecule has 1 aromatic rings. The first-order chi connectivity index (χ1) is 10.3. The maximum atomic E-state index is 9.05. The Hall–Kier alpha value is -1.57. The van der Waals surface area contributed by atoms with Gasteiger partial charge in [-0.2, -0.15) is 5.26 Å². The molecule has 21 heavy (non-hydrogen) atoms. The van der Waals surface area contributed by atoms with Crippen molar-refractivity contribution < 1.29 is 4.74 Å². The Morgan fingerprint density at radius 3 is 3.00 bits per heavy atom. The SMILES string of the molecule is CCNCC1CCCCN1Cc1ccc(C#N)c(OC)c1. The van der Waals surface area contributed by atoms with Crippen molar-refractivity contribution in [1.82, 2.24) is 10.2 Å². The summed E-state index contributed by atoms with van der Waals surface area (Å²) in [6.07, 6.45) is 3.86. The molecule has 0 radical (unpaired) electrons. The number of hydrogen-bond donors (Lipinski definition) is 1. The van der Waals surface area contributed by atoms with Gasteiger partial charge < -0.3 is 10.1 Å². The lowest BCUT2D eigenvalue weighted by molar-refractivity contribution is 0.138. The van der Waals surface area contributed by atoms with Crippen LogP contribution in [-0.2, 0) is 6.54 Å². The van der Waals surface area contributed by atoms with E-state index in [2.05, 4.69) is 23.2 Å². The van der Waals surface area contributed by atoms with Crippen molar-refractivity contribution in [2.45, 2.75) is 38.8 Å². The lowest BCUT2D eigenvalue weighted by Gasteiger charge is -2.36. The molecular formula is C17H25N3O. The number of ether oxygens (including phenoxy) is 1. The van der Waals surface area contributed by atoms with Crippen LogP contribution in [0.15, 0.2) is 18.2 Å². The van der Waals surface area contributed by atoms with Crippen LogP contribution in [0.5, 0.6) is 5.75 Å². The maximum absolute atomic E-state index is 9.05. The monoisotopic (exact) mass is 287 g/mol. The highest BCUT2D eigenvalue weighted by atomic mass is 16.5. The summed E-state index contributed by atoms with van der Waals surface area (Å²) in [6, 6.07) is 8.67. The van der Waals surface area contributed by atoms with Gasteiger partial charge in [0.2, 0.25) is 0 Å². The molecular weight excluding hydrogens is 262 g/mol. The average molecular weight is 287 g/mol. The van der Waals surface area contributed by atoms with E-state index in [1.54, 1.807) is 7.11 Å². The van der Waals surface area contributed by atoms with Gasteiger partial charge in [0.15, 0.2) is 0 Å². The van der Waals surface area contributed by atoms with Crippen LogP contribution in [0.25, 0.3) is 0 Å². The van der Waals surface area contributed by atoms with Crippen molar-refractivity contribution in [2.75, 3.05) is 26.7 Å². The maximum Gasteiger partial charge on any atom is 0.136 e. The van der Waals surface area contributed by atoms with E-state index in [0.29, 0.717) is 17.4 Å². The third-order valence-electron chi connectivity index (χ3n) is 4.15. The van der Waals surface area contributed by atoms with E-state index >= 15 is 0 Å². The van der Waals surface area contributed by atoms with Crippen molar-refractivity contribution in [3.05, 3.63) is 29.3 Å². The zero-order chi connectivity index (χ0) is 15.1. The zero-order valence-corrected chi connectivity index (χ0v) is 13.1. The fourth-order valence-corrected chi connectivity index (χ4v) is 2.97. The van der Waals surface area contributed by atoms with Crippen LogP contribution in [0.3, 0.4) is 0 Å². The molecule has 1 atom stereocenters. The second kappa shape index (κ2) is 8.02. The van der Waals surface area contributed by atoms with E-state index in [1.807, 2.05) is 18.2 Å². The quantitative estimate of drug-likeness (QED) is 0.873. The third-order valence-corrected chi connectivity index (χ3v) is 4.15. The van der Waals surface area contributed by atoms with Crippen LogP contribution in [0.1, 0.15) is 37.3 Å². The van der Waals surface area contributed by atoms with Crippen molar-refractivity contribution in [2.24, 2.45) is 0 Å². The molecule has 4 heteroatoms. The highest BCUT2D eigenvalue weighted by Gasteiger charge is 2.22. The van der Waals surface area contributed by atoms with E-state index in [9.17, 15) is 0 Å². The molecule has 0 amide bonds. The van der Waals surface area contributed by atoms with Crippen LogP contribution in [0, 0.1) is 11.3 Å². The highest BCUT2D eigenvalue weighted by Crippen LogP contribution is 2.23. The normalized spacial score (nSPS) is 19.2. The number of nitrogens with one attached hydrogen (secondary N) is 1. The van der Waals surface area contributed by atoms with Gasteiger partial charge in [0.05, 0.1) is 12.7 Å². The summed E-state index contributed by atoms with van der Waals surface area (Å²) in [6.45, 7) is 6.31. The summed E-state index contributed by atoms with van der Waals surface area (Å²) in [4.78, 5) is 2.55. The number of nitrogens with zero attached hydrogens (tertiary/aromatic N) is 2. The van der Waals surface area contributed by atoms with Crippen LogP contribution in [0.2, 0.25) is 0 Å². The van der Waals surface area contributed by atoms with Gasteiger partial charge in [-0.25, -0.2) is 0 Å². The fraction of sp³-hybridized carbons (Fsp3) is 0.588. The number of likely N-dealkylation sites (N-methyl/N-ethyl adjacent to an activating group) is 1. The summed E-state index contributed by atoms with van der Waals surface area (Å²) < 4.78 is 5.30. The number of piperidine rings is 1. The van der Waals surface area contributed by atoms with E-state index < -0.39 is 0 Å². The molecule has 114 valence electrons. The lowest BCUT2D eigenvalue weighted by atomic mass is 10.0. The molecule has 1 aromatic carbocycles. The summed E-state index contributed by atoms with van der Waals surface area (Å²) in [5.41, 5.74) is 1.82. The third kappa shape index (κ3) is 4.20. The fourth-order valence-electron chi connectivity index (χ4n) is 2.97. The number of hydrogen-bond acceptors (Lipinski definition) is 4. The molecule has 1 fully saturated rings. The Bertz CT molecular complexity index is 495. The Morgan fingerprint density at radius 1 is 1.43 bits per heavy atom. The summed E-state index contributed by atoms with van der Waals surface area (Å²) in [5, 5.41) is 12.5. The van der Waals surface area contributed by atoms with E-state index in [-0.39, 0.29) is 0 Å². The molecule has 0 aromatic heterocycles. The van der Waals surface area contributed by atoms with Gasteiger partial charge >= 0.3 is 0 Å². The number of methoxy groups -OCH3 is 1. The minimum absolute atomic E-state index is 0.601. The number of rotatable bonds is 6. The molecule has 0 aliphatic carbocycles. The lowest BCUT2D eigenvalue weighted by Crippen LogP contribution is -2.44. The Balaban J connectivity index is 2.06. The molecule has 1 heterocycles. The van der Waals surface area contributed by atoms with Gasteiger partial charge in [0.1, 0.15) is 11.8 Å². The first-order valence-electron chi connectivity index (χ1n) is 7.80. The second-order valence-corrected chi connectivity index (χ2v) is 5.57. The first kappa shape index (κ1) is 15.8. The topological polar surface area (TPSA) is 48.3 Å². The van der Waals surface area contributed by atoms with E-state index in [4.69, 9.17) is 10.00 Å². The van der Waals surface area contributed by atoms with Crippen LogP contribution in [-0.4, -0.2) is 37.7 Å². The van der Waals surface area contributed by atoms with Crippen LogP contribution >= 0.6 is 0 Å². The number of nitriles is 1. The average Bonchev–Trinajstić information content (AvgIpc) is 2.54. The van der Waals surface area contributed by atoms with Gasteiger partial charge in [-0.15, -0.1) is 0 Å². The molecule has 4 nitrogen and oxygen atoms in total. The number of benzene rings is 1. The molecule has 0 bridgehead atoms. The molecule has 2 rings (SSSR count). The Labute approximate surface area is 127 Å². The summed E-state index contributed by atoms with van der Waals surface area (Å²) >= 11 is 0. The minimum atomic E-state index is 0.601. The zero-order valence-electron chi connectivity index (χ0n) is 13.1. The van der Waals surface area contributed by atoms with Gasteiger partial charge in [0, 0.05) is 19.1 Å². The molecule has 1 N–H and O–H groups in total. The van der Waals surface area contributed by atoms with E-state index in [1.165, 1.54) is 24.8 Å². The Kier molecular flexibility index (Phi) is 6.04. The minimum Gasteiger partial charge on any atom is -0.495 e. The first-order valence-corrected chi connectivity index (χ1v) is 7.80. The van der Waals surface area contributed by atoms with Crippen LogP contribution < -0.4 is 10.1 Å². The van der Waals surface area contributed by atoms with Gasteiger partial charge in [-0.05, 0) is 43.6 Å². The van der Waals surface area contributed by atoms with Crippen molar-refractivity contribution in [1.29, 1.82) is 5.26 Å². The van der Waals surface area contributed by atoms with E-state index in [0.717, 1.165) is 26.2 Å². The second-order valence-electron chi connectivity index (χ2n) is 5.57. The van der Waals surface area contributed by atoms with Crippen LogP contribution in [0.4, 0.5) is 0 Å². The van der Waals surface area contributed by atoms with Gasteiger partial charge in [-0.1, -0.05) is 19.4 Å². The molecule has 1 unspecified atom stereocenters. The smallest absolute Gasteiger partial charge is 0.136 e. The summed E-state index contributed by atoms with van der Waals surface area (Å²) in [7, 11) is 1.62. The van der Waals surface area contributed by atoms with Crippen molar-refractivity contribution in [3.8, 4) is 11.8 Å². The van der Waals surface area contributed by atoms with Crippen molar-refractivity contribution >= 4 is 0 Å². The molecule has 1 aliphatic rings. The standard InChI is InChI=1S/C17H25N3O/c1-3-19-12-16-6-4-5-9-20(16)13-14-7-8-15(11-18)17(10-14)21-2/h7-8,10,16,19H,3-6,9,12-13H2,1-2H3. The molecule has 0 spiro atoms. The van der Waals surface area contributed by atoms with Gasteiger partial charge in [0.25, 0.3) is 0 Å². The van der Waals surface area contributed by atoms with Crippen molar-refractivity contribution in [3.63, 3.8) is 0 Å². The molecule has 0 saturated carbocycles. The molecule has 1 saturated heterocycles.